The second kappa shape index (κ2) is 8.82. The first-order valence-electron chi connectivity index (χ1n) is 6.35. The van der Waals surface area contributed by atoms with Gasteiger partial charge in [0.05, 0.1) is 5.56 Å². The van der Waals surface area contributed by atoms with Crippen LogP contribution in [-0.4, -0.2) is 42.3 Å². The van der Waals surface area contributed by atoms with Gasteiger partial charge in [0.1, 0.15) is 12.4 Å². The Labute approximate surface area is 118 Å². The van der Waals surface area contributed by atoms with Gasteiger partial charge in [-0.25, -0.2) is 4.79 Å². The minimum Gasteiger partial charge on any atom is -0.492 e. The smallest absolute Gasteiger partial charge is 0.335 e. The molecule has 0 spiro atoms. The van der Waals surface area contributed by atoms with Crippen LogP contribution >= 0.6 is 11.8 Å². The van der Waals surface area contributed by atoms with Crippen LogP contribution in [-0.2, 0) is 0 Å². The van der Waals surface area contributed by atoms with E-state index in [0.717, 1.165) is 18.7 Å². The highest BCUT2D eigenvalue weighted by Crippen LogP contribution is 2.11. The van der Waals surface area contributed by atoms with Crippen molar-refractivity contribution in [3.8, 4) is 5.75 Å². The second-order valence-electron chi connectivity index (χ2n) is 4.19. The highest BCUT2D eigenvalue weighted by Gasteiger charge is 2.04. The Morgan fingerprint density at radius 1 is 1.42 bits per heavy atom. The van der Waals surface area contributed by atoms with Crippen LogP contribution < -0.4 is 10.1 Å². The number of benzene rings is 1. The fourth-order valence-corrected chi connectivity index (χ4v) is 2.40. The Morgan fingerprint density at radius 3 is 2.63 bits per heavy atom. The van der Waals surface area contributed by atoms with Crippen LogP contribution in [0.25, 0.3) is 0 Å². The number of hydrogen-bond donors (Lipinski definition) is 2. The minimum absolute atomic E-state index is 0.275. The predicted molar refractivity (Wildman–Crippen MR) is 79.4 cm³/mol. The number of carboxylic acids is 1. The van der Waals surface area contributed by atoms with Gasteiger partial charge in [0.2, 0.25) is 0 Å². The molecule has 0 fully saturated rings. The molecule has 1 rings (SSSR count). The summed E-state index contributed by atoms with van der Waals surface area (Å²) in [6.45, 7) is 3.54. The van der Waals surface area contributed by atoms with E-state index in [1.807, 2.05) is 11.8 Å². The fraction of sp³-hybridized carbons (Fsp3) is 0.500. The standard InChI is InChI=1S/C14H21NO3S/c1-3-12(10-19-2)15-8-9-18-13-6-4-11(5-7-13)14(16)17/h4-7,12,15H,3,8-10H2,1-2H3,(H,16,17). The largest absolute Gasteiger partial charge is 0.492 e. The number of carbonyl (C=O) groups is 1. The van der Waals surface area contributed by atoms with Crippen LogP contribution in [0.3, 0.4) is 0 Å². The van der Waals surface area contributed by atoms with E-state index in [1.54, 1.807) is 24.3 Å². The highest BCUT2D eigenvalue weighted by atomic mass is 32.2. The first-order valence-corrected chi connectivity index (χ1v) is 7.75. The molecule has 0 aromatic heterocycles. The molecule has 0 aliphatic carbocycles. The molecule has 0 amide bonds. The molecule has 5 heteroatoms. The molecule has 2 N–H and O–H groups in total. The number of rotatable bonds is 9. The Morgan fingerprint density at radius 2 is 2.11 bits per heavy atom. The molecule has 0 heterocycles. The molecule has 1 aromatic rings. The number of nitrogens with one attached hydrogen (secondary N) is 1. The molecular formula is C14H21NO3S. The third-order valence-electron chi connectivity index (χ3n) is 2.77. The van der Waals surface area contributed by atoms with Crippen LogP contribution in [0, 0.1) is 0 Å². The van der Waals surface area contributed by atoms with Gasteiger partial charge in [-0.3, -0.25) is 0 Å². The van der Waals surface area contributed by atoms with Crippen LogP contribution in [0.15, 0.2) is 24.3 Å². The molecule has 4 nitrogen and oxygen atoms in total. The van der Waals surface area contributed by atoms with Gasteiger partial charge in [-0.1, -0.05) is 6.92 Å². The van der Waals surface area contributed by atoms with Gasteiger partial charge in [0.25, 0.3) is 0 Å². The Bertz CT molecular complexity index is 381. The monoisotopic (exact) mass is 283 g/mol. The van der Waals surface area contributed by atoms with Crippen molar-refractivity contribution in [1.82, 2.24) is 5.32 Å². The van der Waals surface area contributed by atoms with Crippen molar-refractivity contribution in [1.29, 1.82) is 0 Å². The molecule has 1 aromatic carbocycles. The Kier molecular flexibility index (Phi) is 7.36. The molecule has 0 bridgehead atoms. The first kappa shape index (κ1) is 15.9. The molecule has 1 atom stereocenters. The lowest BCUT2D eigenvalue weighted by Crippen LogP contribution is -2.33. The van der Waals surface area contributed by atoms with Crippen molar-refractivity contribution in [3.63, 3.8) is 0 Å². The summed E-state index contributed by atoms with van der Waals surface area (Å²) in [4.78, 5) is 10.7. The number of hydrogen-bond acceptors (Lipinski definition) is 4. The molecule has 106 valence electrons. The third-order valence-corrected chi connectivity index (χ3v) is 3.50. The molecule has 0 saturated carbocycles. The average molecular weight is 283 g/mol. The molecule has 19 heavy (non-hydrogen) atoms. The van der Waals surface area contributed by atoms with E-state index in [2.05, 4.69) is 18.5 Å². The maximum absolute atomic E-state index is 10.7. The van der Waals surface area contributed by atoms with Crippen molar-refractivity contribution in [3.05, 3.63) is 29.8 Å². The van der Waals surface area contributed by atoms with E-state index in [4.69, 9.17) is 9.84 Å². The summed E-state index contributed by atoms with van der Waals surface area (Å²) >= 11 is 1.83. The number of ether oxygens (including phenoxy) is 1. The first-order chi connectivity index (χ1) is 9.17. The van der Waals surface area contributed by atoms with E-state index >= 15 is 0 Å². The molecular weight excluding hydrogens is 262 g/mol. The summed E-state index contributed by atoms with van der Waals surface area (Å²) in [5, 5.41) is 12.2. The summed E-state index contributed by atoms with van der Waals surface area (Å²) < 4.78 is 5.55. The van der Waals surface area contributed by atoms with Crippen LogP contribution in [0.4, 0.5) is 0 Å². The number of carboxylic acid groups (broad SMARTS) is 1. The lowest BCUT2D eigenvalue weighted by Gasteiger charge is -2.15. The van der Waals surface area contributed by atoms with E-state index in [9.17, 15) is 4.79 Å². The molecule has 0 saturated heterocycles. The predicted octanol–water partition coefficient (Wildman–Crippen LogP) is 2.49. The fourth-order valence-electron chi connectivity index (χ4n) is 1.65. The summed E-state index contributed by atoms with van der Waals surface area (Å²) in [6, 6.07) is 6.99. The zero-order chi connectivity index (χ0) is 14.1. The van der Waals surface area contributed by atoms with E-state index in [-0.39, 0.29) is 5.56 Å². The van der Waals surface area contributed by atoms with Crippen molar-refractivity contribution < 1.29 is 14.6 Å². The zero-order valence-electron chi connectivity index (χ0n) is 11.4. The van der Waals surface area contributed by atoms with Crippen molar-refractivity contribution in [2.24, 2.45) is 0 Å². The van der Waals surface area contributed by atoms with E-state index in [0.29, 0.717) is 18.4 Å². The second-order valence-corrected chi connectivity index (χ2v) is 5.10. The highest BCUT2D eigenvalue weighted by molar-refractivity contribution is 7.98. The summed E-state index contributed by atoms with van der Waals surface area (Å²) in [6.07, 6.45) is 3.21. The van der Waals surface area contributed by atoms with Gasteiger partial charge in [-0.2, -0.15) is 11.8 Å². The lowest BCUT2D eigenvalue weighted by molar-refractivity contribution is 0.0697. The van der Waals surface area contributed by atoms with Gasteiger partial charge in [0.15, 0.2) is 0 Å². The van der Waals surface area contributed by atoms with E-state index < -0.39 is 5.97 Å². The van der Waals surface area contributed by atoms with Crippen molar-refractivity contribution >= 4 is 17.7 Å². The number of thioether (sulfide) groups is 1. The summed E-state index contributed by atoms with van der Waals surface area (Å²) in [5.74, 6) is 0.880. The van der Waals surface area contributed by atoms with Gasteiger partial charge in [-0.05, 0) is 36.9 Å². The van der Waals surface area contributed by atoms with Crippen LogP contribution in [0.1, 0.15) is 23.7 Å². The summed E-state index contributed by atoms with van der Waals surface area (Å²) in [5.41, 5.74) is 0.275. The van der Waals surface area contributed by atoms with Crippen molar-refractivity contribution in [2.75, 3.05) is 25.2 Å². The lowest BCUT2D eigenvalue weighted by atomic mass is 10.2. The van der Waals surface area contributed by atoms with E-state index in [1.165, 1.54) is 0 Å². The van der Waals surface area contributed by atoms with Gasteiger partial charge in [0, 0.05) is 18.3 Å². The van der Waals surface area contributed by atoms with Gasteiger partial charge >= 0.3 is 5.97 Å². The topological polar surface area (TPSA) is 58.6 Å². The maximum atomic E-state index is 10.7. The van der Waals surface area contributed by atoms with Crippen LogP contribution in [0.2, 0.25) is 0 Å². The zero-order valence-corrected chi connectivity index (χ0v) is 12.2. The Balaban J connectivity index is 2.27. The SMILES string of the molecule is CCC(CSC)NCCOc1ccc(C(=O)O)cc1. The molecule has 0 aliphatic rings. The number of aromatic carboxylic acids is 1. The molecule has 0 aliphatic heterocycles. The quantitative estimate of drug-likeness (QED) is 0.682. The average Bonchev–Trinajstić information content (AvgIpc) is 2.42. The van der Waals surface area contributed by atoms with Gasteiger partial charge in [-0.15, -0.1) is 0 Å². The Hall–Kier alpha value is -1.20. The molecule has 0 radical (unpaired) electrons. The maximum Gasteiger partial charge on any atom is 0.335 e. The minimum atomic E-state index is -0.920. The summed E-state index contributed by atoms with van der Waals surface area (Å²) in [7, 11) is 0. The van der Waals surface area contributed by atoms with Crippen LogP contribution in [0.5, 0.6) is 5.75 Å². The van der Waals surface area contributed by atoms with Gasteiger partial charge < -0.3 is 15.2 Å². The molecule has 1 unspecified atom stereocenters. The third kappa shape index (κ3) is 5.98. The normalized spacial score (nSPS) is 12.1. The van der Waals surface area contributed by atoms with Crippen molar-refractivity contribution in [2.45, 2.75) is 19.4 Å².